The van der Waals surface area contributed by atoms with Gasteiger partial charge in [-0.05, 0) is 11.6 Å². The molecule has 1 atom stereocenters. The molecule has 0 aliphatic carbocycles. The third-order valence-electron chi connectivity index (χ3n) is 1.48. The molecule has 1 aromatic heterocycles. The van der Waals surface area contributed by atoms with Gasteiger partial charge >= 0.3 is 7.60 Å². The zero-order valence-electron chi connectivity index (χ0n) is 6.74. The molecule has 0 fully saturated rings. The normalized spacial score (nSPS) is 14.1. The van der Waals surface area contributed by atoms with Gasteiger partial charge in [-0.25, -0.2) is 0 Å². The number of pyridine rings is 1. The highest BCUT2D eigenvalue weighted by molar-refractivity contribution is 7.51. The summed E-state index contributed by atoms with van der Waals surface area (Å²) in [5.74, 6) is 0. The van der Waals surface area contributed by atoms with E-state index in [4.69, 9.17) is 9.79 Å². The third-order valence-corrected chi connectivity index (χ3v) is 2.30. The van der Waals surface area contributed by atoms with Crippen LogP contribution in [0.1, 0.15) is 11.7 Å². The molecule has 0 saturated heterocycles. The van der Waals surface area contributed by atoms with E-state index in [1.807, 2.05) is 0 Å². The van der Waals surface area contributed by atoms with Crippen LogP contribution in [0.2, 0.25) is 0 Å². The first kappa shape index (κ1) is 10.3. The van der Waals surface area contributed by atoms with Crippen LogP contribution >= 0.6 is 7.60 Å². The fraction of sp³-hybridized carbons (Fsp3) is 0.286. The van der Waals surface area contributed by atoms with E-state index in [0.717, 1.165) is 0 Å². The van der Waals surface area contributed by atoms with Gasteiger partial charge < -0.3 is 14.9 Å². The molecule has 5 nitrogen and oxygen atoms in total. The number of aromatic nitrogens is 1. The topological polar surface area (TPSA) is 90.7 Å². The van der Waals surface area contributed by atoms with Gasteiger partial charge in [0, 0.05) is 12.4 Å². The summed E-state index contributed by atoms with van der Waals surface area (Å²) in [7, 11) is -4.17. The fourth-order valence-electron chi connectivity index (χ4n) is 0.904. The van der Waals surface area contributed by atoms with Crippen LogP contribution in [0.25, 0.3) is 0 Å². The highest BCUT2D eigenvalue weighted by atomic mass is 31.2. The Kier molecular flexibility index (Phi) is 3.17. The predicted octanol–water partition coefficient (Wildman–Crippen LogP) is 0.293. The molecule has 0 saturated carbocycles. The van der Waals surface area contributed by atoms with Crippen molar-refractivity contribution in [3.63, 3.8) is 0 Å². The zero-order valence-corrected chi connectivity index (χ0v) is 7.63. The number of aliphatic hydroxyl groups excluding tert-OH is 1. The Morgan fingerprint density at radius 3 is 2.69 bits per heavy atom. The number of hydrogen-bond acceptors (Lipinski definition) is 3. The highest BCUT2D eigenvalue weighted by Gasteiger charge is 2.20. The quantitative estimate of drug-likeness (QED) is 0.614. The van der Waals surface area contributed by atoms with Crippen LogP contribution in [0.3, 0.4) is 0 Å². The average molecular weight is 203 g/mol. The molecule has 13 heavy (non-hydrogen) atoms. The second-order valence-electron chi connectivity index (χ2n) is 2.65. The molecule has 1 aromatic rings. The summed E-state index contributed by atoms with van der Waals surface area (Å²) in [5.41, 5.74) is 0.408. The van der Waals surface area contributed by atoms with E-state index < -0.39 is 19.9 Å². The molecule has 0 aliphatic heterocycles. The van der Waals surface area contributed by atoms with Gasteiger partial charge in [-0.15, -0.1) is 0 Å². The molecule has 1 unspecified atom stereocenters. The standard InChI is InChI=1S/C7H10NO4P/c9-7(5-13(10,11)12)6-2-1-3-8-4-6/h1-4,7,9H,5H2,(H2,10,11,12). The van der Waals surface area contributed by atoms with Gasteiger partial charge in [-0.3, -0.25) is 9.55 Å². The first-order valence-electron chi connectivity index (χ1n) is 3.61. The zero-order chi connectivity index (χ0) is 9.90. The Morgan fingerprint density at radius 2 is 2.23 bits per heavy atom. The van der Waals surface area contributed by atoms with Gasteiger partial charge in [0.15, 0.2) is 0 Å². The van der Waals surface area contributed by atoms with E-state index in [-0.39, 0.29) is 0 Å². The summed E-state index contributed by atoms with van der Waals surface area (Å²) in [6.07, 6.45) is 1.17. The molecular weight excluding hydrogens is 193 g/mol. The number of nitrogens with zero attached hydrogens (tertiary/aromatic N) is 1. The molecule has 0 bridgehead atoms. The minimum atomic E-state index is -4.17. The summed E-state index contributed by atoms with van der Waals surface area (Å²) < 4.78 is 10.5. The third kappa shape index (κ3) is 3.65. The van der Waals surface area contributed by atoms with Gasteiger partial charge in [-0.2, -0.15) is 0 Å². The molecular formula is C7H10NO4P. The summed E-state index contributed by atoms with van der Waals surface area (Å²) in [4.78, 5) is 20.9. The van der Waals surface area contributed by atoms with Gasteiger partial charge in [0.2, 0.25) is 0 Å². The Hall–Kier alpha value is -0.740. The SMILES string of the molecule is O=P(O)(O)CC(O)c1cccnc1. The van der Waals surface area contributed by atoms with E-state index >= 15 is 0 Å². The second kappa shape index (κ2) is 3.98. The molecule has 3 N–H and O–H groups in total. The summed E-state index contributed by atoms with van der Waals surface area (Å²) in [6.45, 7) is 0. The van der Waals surface area contributed by atoms with E-state index in [9.17, 15) is 9.67 Å². The van der Waals surface area contributed by atoms with Crippen molar-refractivity contribution in [1.29, 1.82) is 0 Å². The maximum Gasteiger partial charge on any atom is 0.328 e. The Morgan fingerprint density at radius 1 is 1.54 bits per heavy atom. The van der Waals surface area contributed by atoms with Crippen molar-refractivity contribution in [1.82, 2.24) is 4.98 Å². The molecule has 0 amide bonds. The van der Waals surface area contributed by atoms with E-state index in [1.54, 1.807) is 12.1 Å². The maximum absolute atomic E-state index is 10.5. The maximum atomic E-state index is 10.5. The summed E-state index contributed by atoms with van der Waals surface area (Å²) in [5, 5.41) is 9.32. The van der Waals surface area contributed by atoms with Gasteiger partial charge in [-0.1, -0.05) is 6.07 Å². The molecule has 0 aliphatic rings. The van der Waals surface area contributed by atoms with Gasteiger partial charge in [0.25, 0.3) is 0 Å². The van der Waals surface area contributed by atoms with E-state index in [0.29, 0.717) is 5.56 Å². The lowest BCUT2D eigenvalue weighted by Gasteiger charge is -2.10. The van der Waals surface area contributed by atoms with Crippen LogP contribution in [0.4, 0.5) is 0 Å². The molecule has 1 heterocycles. The minimum absolute atomic E-state index is 0.408. The van der Waals surface area contributed by atoms with Crippen LogP contribution < -0.4 is 0 Å². The number of rotatable bonds is 3. The molecule has 0 spiro atoms. The first-order chi connectivity index (χ1) is 5.99. The van der Waals surface area contributed by atoms with Gasteiger partial charge in [0.1, 0.15) is 0 Å². The first-order valence-corrected chi connectivity index (χ1v) is 5.41. The molecule has 1 rings (SSSR count). The monoisotopic (exact) mass is 203 g/mol. The number of aliphatic hydroxyl groups is 1. The average Bonchev–Trinajstić information content (AvgIpc) is 2.03. The van der Waals surface area contributed by atoms with Gasteiger partial charge in [0.05, 0.1) is 12.3 Å². The summed E-state index contributed by atoms with van der Waals surface area (Å²) in [6, 6.07) is 3.16. The van der Waals surface area contributed by atoms with Crippen molar-refractivity contribution >= 4 is 7.60 Å². The smallest absolute Gasteiger partial charge is 0.328 e. The fourth-order valence-corrected chi connectivity index (χ4v) is 1.57. The lowest BCUT2D eigenvalue weighted by Crippen LogP contribution is -2.04. The largest absolute Gasteiger partial charge is 0.388 e. The minimum Gasteiger partial charge on any atom is -0.388 e. The van der Waals surface area contributed by atoms with Crippen LogP contribution in [0, 0.1) is 0 Å². The van der Waals surface area contributed by atoms with Crippen LogP contribution in [0.5, 0.6) is 0 Å². The Balaban J connectivity index is 2.70. The Bertz CT molecular complexity index is 310. The van der Waals surface area contributed by atoms with Crippen molar-refractivity contribution in [3.05, 3.63) is 30.1 Å². The van der Waals surface area contributed by atoms with E-state index in [1.165, 1.54) is 12.4 Å². The summed E-state index contributed by atoms with van der Waals surface area (Å²) >= 11 is 0. The van der Waals surface area contributed by atoms with Crippen molar-refractivity contribution in [2.75, 3.05) is 6.16 Å². The number of hydrogen-bond donors (Lipinski definition) is 3. The molecule has 0 radical (unpaired) electrons. The highest BCUT2D eigenvalue weighted by Crippen LogP contribution is 2.38. The lowest BCUT2D eigenvalue weighted by molar-refractivity contribution is 0.192. The predicted molar refractivity (Wildman–Crippen MR) is 46.1 cm³/mol. The lowest BCUT2D eigenvalue weighted by atomic mass is 10.2. The van der Waals surface area contributed by atoms with Crippen LogP contribution in [-0.4, -0.2) is 26.0 Å². The van der Waals surface area contributed by atoms with E-state index in [2.05, 4.69) is 4.98 Å². The molecule has 0 aromatic carbocycles. The Labute approximate surface area is 75.2 Å². The van der Waals surface area contributed by atoms with Crippen LogP contribution in [0.15, 0.2) is 24.5 Å². The second-order valence-corrected chi connectivity index (χ2v) is 4.34. The molecule has 6 heteroatoms. The van der Waals surface area contributed by atoms with Crippen molar-refractivity contribution in [2.24, 2.45) is 0 Å². The van der Waals surface area contributed by atoms with Crippen molar-refractivity contribution < 1.29 is 19.5 Å². The molecule has 72 valence electrons. The van der Waals surface area contributed by atoms with Crippen molar-refractivity contribution in [3.8, 4) is 0 Å². The van der Waals surface area contributed by atoms with Crippen LogP contribution in [-0.2, 0) is 4.57 Å². The van der Waals surface area contributed by atoms with Crippen molar-refractivity contribution in [2.45, 2.75) is 6.10 Å².